The highest BCUT2D eigenvalue weighted by Gasteiger charge is 2.35. The van der Waals surface area contributed by atoms with E-state index in [4.69, 9.17) is 0 Å². The third-order valence-electron chi connectivity index (χ3n) is 8.05. The molecule has 3 aromatic rings. The van der Waals surface area contributed by atoms with Gasteiger partial charge in [0, 0.05) is 61.9 Å². The Labute approximate surface area is 233 Å². The van der Waals surface area contributed by atoms with Gasteiger partial charge in [-0.25, -0.2) is 8.78 Å². The van der Waals surface area contributed by atoms with Gasteiger partial charge in [-0.05, 0) is 60.9 Å². The number of aromatic nitrogens is 1. The molecule has 0 unspecified atom stereocenters. The van der Waals surface area contributed by atoms with Crippen molar-refractivity contribution in [2.45, 2.75) is 76.1 Å². The predicted octanol–water partition coefficient (Wildman–Crippen LogP) is 5.17. The molecule has 2 heterocycles. The maximum atomic E-state index is 13.7. The number of benzene rings is 2. The molecule has 1 aromatic heterocycles. The van der Waals surface area contributed by atoms with Crippen LogP contribution in [0.5, 0.6) is 0 Å². The lowest BCUT2D eigenvalue weighted by atomic mass is 9.92. The quantitative estimate of drug-likeness (QED) is 0.317. The molecule has 1 amide bonds. The monoisotopic (exact) mass is 556 g/mol. The van der Waals surface area contributed by atoms with Gasteiger partial charge in [-0.3, -0.25) is 4.79 Å². The van der Waals surface area contributed by atoms with Crippen LogP contribution in [0, 0.1) is 0 Å². The van der Waals surface area contributed by atoms with Crippen LogP contribution in [0.4, 0.5) is 14.5 Å². The van der Waals surface area contributed by atoms with Crippen molar-refractivity contribution in [1.29, 1.82) is 0 Å². The van der Waals surface area contributed by atoms with Gasteiger partial charge in [-0.2, -0.15) is 0 Å². The number of carbonyl (C=O) groups is 1. The number of hydrogen-bond donors (Lipinski definition) is 3. The summed E-state index contributed by atoms with van der Waals surface area (Å²) in [7, 11) is 2.03. The van der Waals surface area contributed by atoms with Crippen LogP contribution in [0.2, 0.25) is 0 Å². The molecule has 1 aliphatic carbocycles. The number of aryl methyl sites for hydroxylation is 2. The topological polar surface area (TPSA) is 69.5 Å². The van der Waals surface area contributed by atoms with E-state index in [0.717, 1.165) is 40.9 Å². The van der Waals surface area contributed by atoms with E-state index in [1.54, 1.807) is 11.9 Å². The average Bonchev–Trinajstić information content (AvgIpc) is 3.20. The van der Waals surface area contributed by atoms with Gasteiger partial charge >= 0.3 is 0 Å². The SMILES string of the molecule is CCc1cn2c3c(cc(C(=O)N[C@@H](Cc4ccccc4)[C@H](O)CNC4CCC(F)(F)CC4)cc13)N(C)SCC2. The highest BCUT2D eigenvalue weighted by Crippen LogP contribution is 2.37. The summed E-state index contributed by atoms with van der Waals surface area (Å²) in [6.45, 7) is 3.27. The van der Waals surface area contributed by atoms with Crippen LogP contribution >= 0.6 is 11.9 Å². The van der Waals surface area contributed by atoms with E-state index in [1.807, 2.05) is 49.5 Å². The summed E-state index contributed by atoms with van der Waals surface area (Å²) in [5, 5.41) is 18.7. The zero-order valence-electron chi connectivity index (χ0n) is 22.6. The average molecular weight is 557 g/mol. The molecule has 1 fully saturated rings. The molecule has 9 heteroatoms. The first-order chi connectivity index (χ1) is 18.7. The molecule has 0 saturated heterocycles. The lowest BCUT2D eigenvalue weighted by Gasteiger charge is -2.31. The summed E-state index contributed by atoms with van der Waals surface area (Å²) in [4.78, 5) is 13.7. The molecule has 6 nitrogen and oxygen atoms in total. The minimum Gasteiger partial charge on any atom is -0.390 e. The van der Waals surface area contributed by atoms with E-state index in [-0.39, 0.29) is 31.3 Å². The van der Waals surface area contributed by atoms with Crippen molar-refractivity contribution in [3.63, 3.8) is 0 Å². The van der Waals surface area contributed by atoms with E-state index in [2.05, 4.69) is 32.6 Å². The molecular formula is C30H38F2N4O2S. The van der Waals surface area contributed by atoms with E-state index in [1.165, 1.54) is 5.56 Å². The number of amides is 1. The predicted molar refractivity (Wildman–Crippen MR) is 155 cm³/mol. The summed E-state index contributed by atoms with van der Waals surface area (Å²) in [6, 6.07) is 13.1. The number of alkyl halides is 2. The lowest BCUT2D eigenvalue weighted by molar-refractivity contribution is -0.0412. The van der Waals surface area contributed by atoms with E-state index in [9.17, 15) is 18.7 Å². The number of nitrogens with one attached hydrogen (secondary N) is 2. The molecule has 210 valence electrons. The number of hydrogen-bond acceptors (Lipinski definition) is 5. The Kier molecular flexibility index (Phi) is 8.49. The van der Waals surface area contributed by atoms with Crippen LogP contribution in [0.15, 0.2) is 48.7 Å². The highest BCUT2D eigenvalue weighted by atomic mass is 32.2. The summed E-state index contributed by atoms with van der Waals surface area (Å²) >= 11 is 1.73. The summed E-state index contributed by atoms with van der Waals surface area (Å²) in [5.74, 6) is -1.87. The largest absolute Gasteiger partial charge is 0.390 e. The molecule has 5 rings (SSSR count). The van der Waals surface area contributed by atoms with Gasteiger partial charge in [0.15, 0.2) is 0 Å². The Balaban J connectivity index is 1.36. The molecular weight excluding hydrogens is 518 g/mol. The molecule has 2 aromatic carbocycles. The van der Waals surface area contributed by atoms with Gasteiger partial charge in [-0.15, -0.1) is 0 Å². The van der Waals surface area contributed by atoms with Crippen LogP contribution in [0.1, 0.15) is 54.1 Å². The Morgan fingerprint density at radius 2 is 1.95 bits per heavy atom. The Morgan fingerprint density at radius 3 is 2.67 bits per heavy atom. The zero-order chi connectivity index (χ0) is 27.6. The molecule has 0 radical (unpaired) electrons. The minimum absolute atomic E-state index is 0.0589. The minimum atomic E-state index is -2.59. The van der Waals surface area contributed by atoms with Crippen molar-refractivity contribution in [1.82, 2.24) is 15.2 Å². The summed E-state index contributed by atoms with van der Waals surface area (Å²) < 4.78 is 31.6. The summed E-state index contributed by atoms with van der Waals surface area (Å²) in [6.07, 6.45) is 3.13. The van der Waals surface area contributed by atoms with Crippen LogP contribution in [-0.4, -0.2) is 59.0 Å². The van der Waals surface area contributed by atoms with Crippen molar-refractivity contribution < 1.29 is 18.7 Å². The second-order valence-corrected chi connectivity index (χ2v) is 12.0. The second kappa shape index (κ2) is 11.9. The van der Waals surface area contributed by atoms with Crippen LogP contribution in [0.3, 0.4) is 0 Å². The van der Waals surface area contributed by atoms with Crippen molar-refractivity contribution in [3.05, 3.63) is 65.4 Å². The molecule has 1 aliphatic heterocycles. The number of rotatable bonds is 9. The second-order valence-electron chi connectivity index (χ2n) is 10.8. The Morgan fingerprint density at radius 1 is 1.21 bits per heavy atom. The number of halogens is 2. The fraction of sp³-hybridized carbons (Fsp3) is 0.500. The molecule has 0 bridgehead atoms. The maximum absolute atomic E-state index is 13.7. The fourth-order valence-electron chi connectivity index (χ4n) is 5.74. The first kappa shape index (κ1) is 27.9. The third-order valence-corrected chi connectivity index (χ3v) is 9.00. The summed E-state index contributed by atoms with van der Waals surface area (Å²) in [5.41, 5.74) is 4.94. The third kappa shape index (κ3) is 6.42. The van der Waals surface area contributed by atoms with Gasteiger partial charge in [0.05, 0.1) is 23.3 Å². The number of anilines is 1. The number of aliphatic hydroxyl groups excluding tert-OH is 1. The maximum Gasteiger partial charge on any atom is 0.251 e. The smallest absolute Gasteiger partial charge is 0.251 e. The first-order valence-corrected chi connectivity index (χ1v) is 14.8. The highest BCUT2D eigenvalue weighted by molar-refractivity contribution is 8.00. The molecule has 2 atom stereocenters. The van der Waals surface area contributed by atoms with Gasteiger partial charge < -0.3 is 24.6 Å². The van der Waals surface area contributed by atoms with Crippen molar-refractivity contribution in [3.8, 4) is 0 Å². The van der Waals surface area contributed by atoms with Crippen LogP contribution < -0.4 is 14.9 Å². The van der Waals surface area contributed by atoms with Crippen molar-refractivity contribution >= 4 is 34.4 Å². The molecule has 1 saturated carbocycles. The van der Waals surface area contributed by atoms with Crippen LogP contribution in [-0.2, 0) is 19.4 Å². The zero-order valence-corrected chi connectivity index (χ0v) is 23.4. The van der Waals surface area contributed by atoms with Crippen LogP contribution in [0.25, 0.3) is 10.9 Å². The molecule has 3 N–H and O–H groups in total. The first-order valence-electron chi connectivity index (χ1n) is 13.9. The lowest BCUT2D eigenvalue weighted by Crippen LogP contribution is -2.50. The molecule has 0 spiro atoms. The number of carbonyl (C=O) groups excluding carboxylic acids is 1. The Bertz CT molecular complexity index is 1290. The van der Waals surface area contributed by atoms with E-state index in [0.29, 0.717) is 24.8 Å². The number of nitrogens with zero attached hydrogens (tertiary/aromatic N) is 2. The van der Waals surface area contributed by atoms with Gasteiger partial charge in [0.25, 0.3) is 5.91 Å². The molecule has 2 aliphatic rings. The fourth-order valence-corrected chi connectivity index (χ4v) is 6.57. The standard InChI is InChI=1S/C30H38F2N4O2S/c1-3-21-19-36-13-14-39-35(2)26-17-22(16-24(21)28(26)36)29(38)34-25(15-20-7-5-4-6-8-20)27(37)18-33-23-9-11-30(31,32)12-10-23/h4-8,16-17,19,23,25,27,33,37H,3,9-15,18H2,1-2H3,(H,34,38)/t25-,27+/m0/s1. The van der Waals surface area contributed by atoms with Gasteiger partial charge in [0.2, 0.25) is 5.92 Å². The Hall–Kier alpha value is -2.62. The number of aliphatic hydroxyl groups is 1. The van der Waals surface area contributed by atoms with Crippen molar-refractivity contribution in [2.75, 3.05) is 23.7 Å². The van der Waals surface area contributed by atoms with E-state index < -0.39 is 18.1 Å². The molecule has 39 heavy (non-hydrogen) atoms. The van der Waals surface area contributed by atoms with Gasteiger partial charge in [0.1, 0.15) is 0 Å². The normalized spacial score (nSPS) is 19.1. The van der Waals surface area contributed by atoms with Gasteiger partial charge in [-0.1, -0.05) is 37.3 Å². The van der Waals surface area contributed by atoms with Crippen molar-refractivity contribution in [2.24, 2.45) is 0 Å². The van der Waals surface area contributed by atoms with E-state index >= 15 is 0 Å².